The van der Waals surface area contributed by atoms with Gasteiger partial charge in [0, 0.05) is 5.39 Å². The lowest BCUT2D eigenvalue weighted by Crippen LogP contribution is -2.04. The van der Waals surface area contributed by atoms with Gasteiger partial charge in [-0.2, -0.15) is 10.4 Å². The number of nitriles is 1. The predicted octanol–water partition coefficient (Wildman–Crippen LogP) is 4.29. The molecule has 1 aliphatic carbocycles. The van der Waals surface area contributed by atoms with Gasteiger partial charge in [-0.15, -0.1) is 0 Å². The van der Waals surface area contributed by atoms with Gasteiger partial charge < -0.3 is 9.15 Å². The van der Waals surface area contributed by atoms with Crippen molar-refractivity contribution >= 4 is 10.9 Å². The molecule has 1 atom stereocenters. The van der Waals surface area contributed by atoms with E-state index in [1.165, 1.54) is 12.5 Å². The topological polar surface area (TPSA) is 87.7 Å². The zero-order valence-corrected chi connectivity index (χ0v) is 14.1. The first-order valence-electron chi connectivity index (χ1n) is 8.49. The van der Waals surface area contributed by atoms with Crippen LogP contribution in [-0.4, -0.2) is 15.2 Å². The molecule has 1 N–H and O–H groups in total. The molecule has 1 unspecified atom stereocenters. The van der Waals surface area contributed by atoms with Crippen molar-refractivity contribution in [2.24, 2.45) is 0 Å². The molecule has 0 saturated heterocycles. The molecule has 27 heavy (non-hydrogen) atoms. The van der Waals surface area contributed by atoms with Gasteiger partial charge in [-0.1, -0.05) is 6.07 Å². The van der Waals surface area contributed by atoms with E-state index in [-0.39, 0.29) is 11.7 Å². The average Bonchev–Trinajstić information content (AvgIpc) is 3.41. The molecule has 1 aliphatic rings. The van der Waals surface area contributed by atoms with E-state index in [0.717, 1.165) is 16.5 Å². The highest BCUT2D eigenvalue weighted by Gasteiger charge is 2.28. The van der Waals surface area contributed by atoms with Crippen LogP contribution in [0.2, 0.25) is 0 Å². The number of ether oxygens (including phenoxy) is 1. The van der Waals surface area contributed by atoms with Gasteiger partial charge in [0.15, 0.2) is 12.2 Å². The second-order valence-corrected chi connectivity index (χ2v) is 6.40. The van der Waals surface area contributed by atoms with Crippen LogP contribution in [0.25, 0.3) is 22.4 Å². The van der Waals surface area contributed by atoms with Crippen molar-refractivity contribution in [1.82, 2.24) is 15.2 Å². The number of nitrogens with one attached hydrogen (secondary N) is 1. The zero-order valence-electron chi connectivity index (χ0n) is 14.1. The number of aromatic nitrogens is 3. The van der Waals surface area contributed by atoms with Crippen molar-refractivity contribution in [3.05, 3.63) is 65.4 Å². The highest BCUT2D eigenvalue weighted by Crippen LogP contribution is 2.38. The Hall–Kier alpha value is -3.66. The van der Waals surface area contributed by atoms with Gasteiger partial charge in [-0.05, 0) is 48.2 Å². The third-order valence-corrected chi connectivity index (χ3v) is 4.88. The standard InChI is InChI=1S/C20H13FN4O2/c21-19-11(8-22)1-3-13-14(19)4-6-17(13)27-12-2-5-16-15(7-12)20(25-24-16)18-9-23-10-26-18/h1-3,5,7,9-10,17H,4,6H2,(H,24,25). The maximum absolute atomic E-state index is 14.4. The molecular formula is C20H13FN4O2. The van der Waals surface area contributed by atoms with E-state index in [4.69, 9.17) is 14.4 Å². The van der Waals surface area contributed by atoms with Crippen LogP contribution in [0.4, 0.5) is 4.39 Å². The molecule has 0 aliphatic heterocycles. The Morgan fingerprint density at radius 2 is 2.22 bits per heavy atom. The second kappa shape index (κ2) is 5.95. The molecule has 2 aromatic carbocycles. The lowest BCUT2D eigenvalue weighted by atomic mass is 10.1. The normalized spacial score (nSPS) is 15.6. The molecule has 0 fully saturated rings. The first-order valence-corrected chi connectivity index (χ1v) is 8.49. The van der Waals surface area contributed by atoms with Gasteiger partial charge in [-0.3, -0.25) is 5.10 Å². The summed E-state index contributed by atoms with van der Waals surface area (Å²) in [7, 11) is 0. The second-order valence-electron chi connectivity index (χ2n) is 6.40. The lowest BCUT2D eigenvalue weighted by Gasteiger charge is -2.15. The van der Waals surface area contributed by atoms with Gasteiger partial charge in [0.2, 0.25) is 0 Å². The Kier molecular flexibility index (Phi) is 3.44. The number of hydrogen-bond donors (Lipinski definition) is 1. The number of H-pyrrole nitrogens is 1. The van der Waals surface area contributed by atoms with Crippen LogP contribution >= 0.6 is 0 Å². The largest absolute Gasteiger partial charge is 0.486 e. The quantitative estimate of drug-likeness (QED) is 0.589. The van der Waals surface area contributed by atoms with Crippen LogP contribution in [0.3, 0.4) is 0 Å². The highest BCUT2D eigenvalue weighted by atomic mass is 19.1. The fraction of sp³-hybridized carbons (Fsp3) is 0.150. The van der Waals surface area contributed by atoms with Crippen LogP contribution in [0, 0.1) is 17.1 Å². The minimum atomic E-state index is -0.431. The minimum absolute atomic E-state index is 0.0749. The Balaban J connectivity index is 1.49. The predicted molar refractivity (Wildman–Crippen MR) is 94.4 cm³/mol. The number of aromatic amines is 1. The molecule has 0 amide bonds. The van der Waals surface area contributed by atoms with Gasteiger partial charge in [-0.25, -0.2) is 9.37 Å². The number of benzene rings is 2. The van der Waals surface area contributed by atoms with E-state index in [2.05, 4.69) is 15.2 Å². The van der Waals surface area contributed by atoms with Crippen molar-refractivity contribution in [2.45, 2.75) is 18.9 Å². The van der Waals surface area contributed by atoms with Crippen molar-refractivity contribution in [3.63, 3.8) is 0 Å². The summed E-state index contributed by atoms with van der Waals surface area (Å²) in [6.45, 7) is 0. The van der Waals surface area contributed by atoms with Crippen LogP contribution in [0.5, 0.6) is 5.75 Å². The van der Waals surface area contributed by atoms with E-state index >= 15 is 0 Å². The van der Waals surface area contributed by atoms with Gasteiger partial charge >= 0.3 is 0 Å². The molecular weight excluding hydrogens is 347 g/mol. The molecule has 7 heteroatoms. The van der Waals surface area contributed by atoms with Crippen molar-refractivity contribution in [3.8, 4) is 23.3 Å². The summed E-state index contributed by atoms with van der Waals surface area (Å²) in [5, 5.41) is 17.1. The minimum Gasteiger partial charge on any atom is -0.486 e. The maximum Gasteiger partial charge on any atom is 0.181 e. The molecule has 0 spiro atoms. The van der Waals surface area contributed by atoms with Crippen LogP contribution in [0.15, 0.2) is 47.3 Å². The molecule has 5 rings (SSSR count). The van der Waals surface area contributed by atoms with Gasteiger partial charge in [0.1, 0.15) is 29.4 Å². The van der Waals surface area contributed by atoms with E-state index in [1.807, 2.05) is 24.3 Å². The molecule has 0 saturated carbocycles. The summed E-state index contributed by atoms with van der Waals surface area (Å²) in [6, 6.07) is 10.8. The van der Waals surface area contributed by atoms with E-state index in [0.29, 0.717) is 35.6 Å². The number of halogens is 1. The monoisotopic (exact) mass is 360 g/mol. The van der Waals surface area contributed by atoms with Gasteiger partial charge in [0.25, 0.3) is 0 Å². The summed E-state index contributed by atoms with van der Waals surface area (Å²) in [5.74, 6) is 0.794. The van der Waals surface area contributed by atoms with E-state index in [9.17, 15) is 4.39 Å². The van der Waals surface area contributed by atoms with Crippen LogP contribution in [-0.2, 0) is 6.42 Å². The van der Waals surface area contributed by atoms with Crippen LogP contribution < -0.4 is 4.74 Å². The summed E-state index contributed by atoms with van der Waals surface area (Å²) in [5.41, 5.74) is 2.96. The Morgan fingerprint density at radius 3 is 3.04 bits per heavy atom. The summed E-state index contributed by atoms with van der Waals surface area (Å²) >= 11 is 0. The zero-order chi connectivity index (χ0) is 18.4. The van der Waals surface area contributed by atoms with Crippen molar-refractivity contribution in [2.75, 3.05) is 0 Å². The first kappa shape index (κ1) is 15.6. The molecule has 4 aromatic rings. The molecule has 0 radical (unpaired) electrons. The molecule has 2 heterocycles. The molecule has 2 aromatic heterocycles. The summed E-state index contributed by atoms with van der Waals surface area (Å²) < 4.78 is 25.8. The first-order chi connectivity index (χ1) is 13.2. The van der Waals surface area contributed by atoms with Crippen molar-refractivity contribution < 1.29 is 13.5 Å². The SMILES string of the molecule is N#Cc1ccc2c(c1F)CCC2Oc1ccc2[nH]nc(-c3cnco3)c2c1. The van der Waals surface area contributed by atoms with E-state index < -0.39 is 5.82 Å². The smallest absolute Gasteiger partial charge is 0.181 e. The number of hydrogen-bond acceptors (Lipinski definition) is 5. The number of fused-ring (bicyclic) bond motifs is 2. The molecule has 6 nitrogen and oxygen atoms in total. The van der Waals surface area contributed by atoms with E-state index in [1.54, 1.807) is 12.3 Å². The highest BCUT2D eigenvalue weighted by molar-refractivity contribution is 5.92. The third kappa shape index (κ3) is 2.46. The average molecular weight is 360 g/mol. The molecule has 132 valence electrons. The molecule has 0 bridgehead atoms. The Morgan fingerprint density at radius 1 is 1.30 bits per heavy atom. The lowest BCUT2D eigenvalue weighted by molar-refractivity contribution is 0.208. The third-order valence-electron chi connectivity index (χ3n) is 4.88. The Bertz CT molecular complexity index is 1190. The Labute approximate surface area is 153 Å². The van der Waals surface area contributed by atoms with Gasteiger partial charge in [0.05, 0.1) is 17.3 Å². The number of nitrogens with zero attached hydrogens (tertiary/aromatic N) is 3. The number of oxazole rings is 1. The summed E-state index contributed by atoms with van der Waals surface area (Å²) in [4.78, 5) is 3.93. The summed E-state index contributed by atoms with van der Waals surface area (Å²) in [6.07, 6.45) is 3.93. The van der Waals surface area contributed by atoms with Crippen molar-refractivity contribution in [1.29, 1.82) is 5.26 Å². The fourth-order valence-electron chi connectivity index (χ4n) is 3.58. The maximum atomic E-state index is 14.4. The number of rotatable bonds is 3. The van der Waals surface area contributed by atoms with Crippen LogP contribution in [0.1, 0.15) is 29.2 Å². The fourth-order valence-corrected chi connectivity index (χ4v) is 3.58.